The van der Waals surface area contributed by atoms with E-state index in [1.54, 1.807) is 42.6 Å². The number of hydrogen-bond acceptors (Lipinski definition) is 6. The number of halogens is 1. The number of aromatic nitrogens is 2. The summed E-state index contributed by atoms with van der Waals surface area (Å²) in [5, 5.41) is 13.5. The molecule has 0 aliphatic carbocycles. The molecule has 2 aromatic carbocycles. The van der Waals surface area contributed by atoms with Crippen molar-refractivity contribution in [1.82, 2.24) is 9.97 Å². The van der Waals surface area contributed by atoms with Crippen molar-refractivity contribution in [2.45, 2.75) is 13.2 Å². The lowest BCUT2D eigenvalue weighted by molar-refractivity contribution is 0.304. The summed E-state index contributed by atoms with van der Waals surface area (Å²) < 4.78 is 11.1. The van der Waals surface area contributed by atoms with Gasteiger partial charge in [-0.25, -0.2) is 0 Å². The minimum Gasteiger partial charge on any atom is -0.495 e. The quantitative estimate of drug-likeness (QED) is 0.428. The maximum atomic E-state index is 12.7. The summed E-state index contributed by atoms with van der Waals surface area (Å²) >= 11 is 6.29. The third kappa shape index (κ3) is 4.66. The molecule has 2 aromatic heterocycles. The number of nitrogens with one attached hydrogen (secondary N) is 2. The summed E-state index contributed by atoms with van der Waals surface area (Å²) in [4.78, 5) is 19.9. The monoisotopic (exact) mass is 446 g/mol. The van der Waals surface area contributed by atoms with Crippen LogP contribution < -0.4 is 20.3 Å². The van der Waals surface area contributed by atoms with E-state index in [2.05, 4.69) is 21.4 Å². The second-order valence-corrected chi connectivity index (χ2v) is 7.42. The van der Waals surface area contributed by atoms with Gasteiger partial charge in [-0.05, 0) is 36.4 Å². The predicted octanol–water partition coefficient (Wildman–Crippen LogP) is 4.65. The first-order valence-corrected chi connectivity index (χ1v) is 10.2. The summed E-state index contributed by atoms with van der Waals surface area (Å²) in [6, 6.07) is 18.0. The molecule has 0 saturated heterocycles. The van der Waals surface area contributed by atoms with Gasteiger partial charge in [0.25, 0.3) is 5.56 Å². The zero-order valence-corrected chi connectivity index (χ0v) is 17.9. The third-order valence-corrected chi connectivity index (χ3v) is 5.08. The van der Waals surface area contributed by atoms with E-state index >= 15 is 0 Å². The Bertz CT molecular complexity index is 1360. The van der Waals surface area contributed by atoms with Crippen molar-refractivity contribution in [3.8, 4) is 17.6 Å². The molecule has 0 aliphatic rings. The van der Waals surface area contributed by atoms with E-state index < -0.39 is 0 Å². The smallest absolute Gasteiger partial charge is 0.253 e. The predicted molar refractivity (Wildman–Crippen MR) is 123 cm³/mol. The summed E-state index contributed by atoms with van der Waals surface area (Å²) in [6.45, 7) is 0.527. The number of rotatable bonds is 7. The Morgan fingerprint density at radius 1 is 1.16 bits per heavy atom. The molecule has 2 heterocycles. The molecular weight excluding hydrogens is 428 g/mol. The van der Waals surface area contributed by atoms with Gasteiger partial charge in [-0.1, -0.05) is 17.7 Å². The number of hydrogen-bond donors (Lipinski definition) is 2. The highest BCUT2D eigenvalue weighted by Crippen LogP contribution is 2.29. The molecule has 0 bridgehead atoms. The average Bonchev–Trinajstić information content (AvgIpc) is 2.82. The Hall–Kier alpha value is -4.02. The van der Waals surface area contributed by atoms with Crippen LogP contribution in [-0.4, -0.2) is 17.1 Å². The van der Waals surface area contributed by atoms with E-state index in [0.717, 1.165) is 16.8 Å². The molecule has 0 aliphatic heterocycles. The number of ether oxygens (including phenoxy) is 2. The van der Waals surface area contributed by atoms with Gasteiger partial charge < -0.3 is 19.8 Å². The fourth-order valence-electron chi connectivity index (χ4n) is 3.27. The number of fused-ring (bicyclic) bond motifs is 1. The first-order valence-electron chi connectivity index (χ1n) is 9.77. The van der Waals surface area contributed by atoms with Crippen molar-refractivity contribution >= 4 is 28.2 Å². The number of nitriles is 1. The van der Waals surface area contributed by atoms with E-state index in [1.165, 1.54) is 7.11 Å². The van der Waals surface area contributed by atoms with Crippen molar-refractivity contribution < 1.29 is 9.47 Å². The number of H-pyrrole nitrogens is 1. The Labute approximate surface area is 189 Å². The van der Waals surface area contributed by atoms with E-state index in [-0.39, 0.29) is 18.7 Å². The third-order valence-electron chi connectivity index (χ3n) is 4.86. The molecule has 4 rings (SSSR count). The van der Waals surface area contributed by atoms with Crippen molar-refractivity contribution in [3.63, 3.8) is 0 Å². The van der Waals surface area contributed by atoms with Gasteiger partial charge in [0.15, 0.2) is 0 Å². The zero-order valence-electron chi connectivity index (χ0n) is 17.2. The first-order chi connectivity index (χ1) is 15.6. The molecule has 4 aromatic rings. The van der Waals surface area contributed by atoms with Crippen LogP contribution in [0.4, 0.5) is 5.69 Å². The number of nitrogens with zero attached hydrogens (tertiary/aromatic N) is 2. The van der Waals surface area contributed by atoms with Gasteiger partial charge in [0.2, 0.25) is 0 Å². The average molecular weight is 447 g/mol. The second-order valence-electron chi connectivity index (χ2n) is 6.98. The van der Waals surface area contributed by atoms with E-state index in [0.29, 0.717) is 33.2 Å². The van der Waals surface area contributed by atoms with Gasteiger partial charge in [-0.3, -0.25) is 9.78 Å². The highest BCUT2D eigenvalue weighted by molar-refractivity contribution is 6.31. The molecule has 0 radical (unpaired) electrons. The van der Waals surface area contributed by atoms with Crippen molar-refractivity contribution in [2.24, 2.45) is 0 Å². The fraction of sp³-hybridized carbons (Fsp3) is 0.125. The van der Waals surface area contributed by atoms with Crippen LogP contribution in [0.2, 0.25) is 5.02 Å². The van der Waals surface area contributed by atoms with Crippen LogP contribution in [0.25, 0.3) is 10.9 Å². The minimum absolute atomic E-state index is 0.240. The largest absolute Gasteiger partial charge is 0.495 e. The van der Waals surface area contributed by atoms with Crippen molar-refractivity contribution in [1.29, 1.82) is 5.26 Å². The van der Waals surface area contributed by atoms with Gasteiger partial charge >= 0.3 is 0 Å². The molecule has 0 unspecified atom stereocenters. The Balaban J connectivity index is 1.58. The number of benzene rings is 2. The van der Waals surface area contributed by atoms with Gasteiger partial charge in [0, 0.05) is 46.5 Å². The van der Waals surface area contributed by atoms with Crippen LogP contribution in [0, 0.1) is 11.3 Å². The maximum Gasteiger partial charge on any atom is 0.253 e. The number of anilines is 1. The Morgan fingerprint density at radius 3 is 2.78 bits per heavy atom. The normalized spacial score (nSPS) is 10.5. The molecule has 7 nitrogen and oxygen atoms in total. The van der Waals surface area contributed by atoms with E-state index in [4.69, 9.17) is 26.3 Å². The van der Waals surface area contributed by atoms with Crippen LogP contribution in [0.1, 0.15) is 16.8 Å². The first kappa shape index (κ1) is 21.2. The Morgan fingerprint density at radius 2 is 2.03 bits per heavy atom. The fourth-order valence-corrected chi connectivity index (χ4v) is 3.48. The lowest BCUT2D eigenvalue weighted by Crippen LogP contribution is -2.16. The minimum atomic E-state index is -0.240. The zero-order chi connectivity index (χ0) is 22.5. The highest BCUT2D eigenvalue weighted by atomic mass is 35.5. The topological polar surface area (TPSA) is 100 Å². The second kappa shape index (κ2) is 9.41. The molecule has 8 heteroatoms. The molecule has 0 saturated carbocycles. The maximum absolute atomic E-state index is 12.7. The molecule has 160 valence electrons. The standard InChI is InChI=1S/C24H19ClN4O3/c1-31-21-11-19(6-5-15(21)12-26)28-13-17-8-16-9-18(25)10-22(23(16)29-24(17)30)32-14-20-4-2-3-7-27-20/h2-11,28H,13-14H2,1H3,(H,29,30). The SMILES string of the molecule is COc1cc(NCc2cc3cc(Cl)cc(OCc4ccccn4)c3[nH]c2=O)ccc1C#N. The van der Waals surface area contributed by atoms with Crippen molar-refractivity contribution in [3.05, 3.63) is 93.0 Å². The molecule has 0 amide bonds. The molecule has 2 N–H and O–H groups in total. The number of pyridine rings is 2. The van der Waals surface area contributed by atoms with Crippen LogP contribution in [0.3, 0.4) is 0 Å². The molecule has 0 spiro atoms. The van der Waals surface area contributed by atoms with Crippen LogP contribution in [-0.2, 0) is 13.2 Å². The van der Waals surface area contributed by atoms with E-state index in [1.807, 2.05) is 18.2 Å². The van der Waals surface area contributed by atoms with Crippen LogP contribution in [0.15, 0.2) is 65.6 Å². The molecular formula is C24H19ClN4O3. The number of methoxy groups -OCH3 is 1. The van der Waals surface area contributed by atoms with Crippen LogP contribution >= 0.6 is 11.6 Å². The lowest BCUT2D eigenvalue weighted by atomic mass is 10.1. The molecule has 0 atom stereocenters. The molecule has 32 heavy (non-hydrogen) atoms. The van der Waals surface area contributed by atoms with Crippen molar-refractivity contribution in [2.75, 3.05) is 12.4 Å². The number of aromatic amines is 1. The summed E-state index contributed by atoms with van der Waals surface area (Å²) in [6.07, 6.45) is 1.69. The van der Waals surface area contributed by atoms with E-state index in [9.17, 15) is 4.79 Å². The van der Waals surface area contributed by atoms with Gasteiger partial charge in [0.1, 0.15) is 24.2 Å². The van der Waals surface area contributed by atoms with Crippen LogP contribution in [0.5, 0.6) is 11.5 Å². The molecule has 0 fully saturated rings. The van der Waals surface area contributed by atoms with Gasteiger partial charge in [-0.2, -0.15) is 5.26 Å². The highest BCUT2D eigenvalue weighted by Gasteiger charge is 2.11. The van der Waals surface area contributed by atoms with Gasteiger partial charge in [-0.15, -0.1) is 0 Å². The lowest BCUT2D eigenvalue weighted by Gasteiger charge is -2.12. The van der Waals surface area contributed by atoms with Gasteiger partial charge in [0.05, 0.1) is 23.9 Å². The summed E-state index contributed by atoms with van der Waals surface area (Å²) in [7, 11) is 1.51. The summed E-state index contributed by atoms with van der Waals surface area (Å²) in [5.41, 5.74) is 2.79. The Kier molecular flexibility index (Phi) is 6.24. The summed E-state index contributed by atoms with van der Waals surface area (Å²) in [5.74, 6) is 0.943.